The third-order valence-corrected chi connectivity index (χ3v) is 3.87. The summed E-state index contributed by atoms with van der Waals surface area (Å²) in [5, 5.41) is 9.58. The van der Waals surface area contributed by atoms with Gasteiger partial charge in [-0.3, -0.25) is 4.79 Å². The topological polar surface area (TPSA) is 53.3 Å². The summed E-state index contributed by atoms with van der Waals surface area (Å²) < 4.78 is 5.45. The SMILES string of the molecule is CCCC(C#N)(CCC)C(=O)N1CCOCC1(C)C. The molecule has 4 heteroatoms. The van der Waals surface area contributed by atoms with E-state index in [9.17, 15) is 10.1 Å². The van der Waals surface area contributed by atoms with Gasteiger partial charge in [0.15, 0.2) is 0 Å². The molecule has 0 spiro atoms. The minimum atomic E-state index is -0.849. The molecule has 1 aliphatic heterocycles. The van der Waals surface area contributed by atoms with Gasteiger partial charge in [0.2, 0.25) is 5.91 Å². The highest BCUT2D eigenvalue weighted by Crippen LogP contribution is 2.34. The number of amides is 1. The second kappa shape index (κ2) is 6.38. The molecule has 19 heavy (non-hydrogen) atoms. The number of carbonyl (C=O) groups is 1. The lowest BCUT2D eigenvalue weighted by atomic mass is 9.78. The fraction of sp³-hybridized carbons (Fsp3) is 0.867. The average Bonchev–Trinajstić information content (AvgIpc) is 2.37. The Hall–Kier alpha value is -1.08. The maximum Gasteiger partial charge on any atom is 0.243 e. The van der Waals surface area contributed by atoms with Crippen LogP contribution in [0.15, 0.2) is 0 Å². The molecular weight excluding hydrogens is 240 g/mol. The third kappa shape index (κ3) is 3.27. The van der Waals surface area contributed by atoms with E-state index in [0.717, 1.165) is 12.8 Å². The van der Waals surface area contributed by atoms with Gasteiger partial charge in [0.25, 0.3) is 0 Å². The maximum absolute atomic E-state index is 12.9. The summed E-state index contributed by atoms with van der Waals surface area (Å²) >= 11 is 0. The van der Waals surface area contributed by atoms with Gasteiger partial charge in [-0.15, -0.1) is 0 Å². The Morgan fingerprint density at radius 2 is 1.95 bits per heavy atom. The minimum absolute atomic E-state index is 0.00741. The van der Waals surface area contributed by atoms with E-state index < -0.39 is 5.41 Å². The summed E-state index contributed by atoms with van der Waals surface area (Å²) in [6.45, 7) is 9.75. The van der Waals surface area contributed by atoms with E-state index in [1.807, 2.05) is 32.6 Å². The molecule has 0 aliphatic carbocycles. The Morgan fingerprint density at radius 1 is 1.37 bits per heavy atom. The van der Waals surface area contributed by atoms with Crippen LogP contribution in [-0.4, -0.2) is 36.1 Å². The van der Waals surface area contributed by atoms with E-state index in [4.69, 9.17) is 4.74 Å². The Kier molecular flexibility index (Phi) is 5.37. The molecule has 1 saturated heterocycles. The Labute approximate surface area is 116 Å². The van der Waals surface area contributed by atoms with Crippen molar-refractivity contribution in [2.24, 2.45) is 5.41 Å². The van der Waals surface area contributed by atoms with Gasteiger partial charge in [0, 0.05) is 6.54 Å². The van der Waals surface area contributed by atoms with E-state index >= 15 is 0 Å². The molecule has 0 aromatic heterocycles. The Balaban J connectivity index is 3.02. The lowest BCUT2D eigenvalue weighted by molar-refractivity contribution is -0.155. The van der Waals surface area contributed by atoms with Crippen LogP contribution in [0.1, 0.15) is 53.4 Å². The van der Waals surface area contributed by atoms with E-state index in [0.29, 0.717) is 32.6 Å². The Bertz CT molecular complexity index is 352. The highest BCUT2D eigenvalue weighted by molar-refractivity contribution is 5.86. The predicted octanol–water partition coefficient (Wildman–Crippen LogP) is 2.73. The van der Waals surface area contributed by atoms with Crippen LogP contribution in [-0.2, 0) is 9.53 Å². The molecule has 1 aliphatic rings. The van der Waals surface area contributed by atoms with Gasteiger partial charge in [0.1, 0.15) is 5.41 Å². The maximum atomic E-state index is 12.9. The molecule has 1 fully saturated rings. The molecule has 0 aromatic rings. The van der Waals surface area contributed by atoms with Crippen molar-refractivity contribution in [3.8, 4) is 6.07 Å². The Morgan fingerprint density at radius 3 is 2.37 bits per heavy atom. The molecule has 0 radical (unpaired) electrons. The van der Waals surface area contributed by atoms with Gasteiger partial charge in [-0.2, -0.15) is 5.26 Å². The highest BCUT2D eigenvalue weighted by Gasteiger charge is 2.45. The van der Waals surface area contributed by atoms with E-state index in [1.165, 1.54) is 0 Å². The number of hydrogen-bond acceptors (Lipinski definition) is 3. The monoisotopic (exact) mass is 266 g/mol. The van der Waals surface area contributed by atoms with Gasteiger partial charge in [0.05, 0.1) is 24.8 Å². The molecule has 1 heterocycles. The summed E-state index contributed by atoms with van der Waals surface area (Å²) in [4.78, 5) is 14.7. The normalized spacial score (nSPS) is 19.0. The molecule has 4 nitrogen and oxygen atoms in total. The largest absolute Gasteiger partial charge is 0.377 e. The first-order valence-corrected chi connectivity index (χ1v) is 7.24. The lowest BCUT2D eigenvalue weighted by Gasteiger charge is -2.45. The summed E-state index contributed by atoms with van der Waals surface area (Å²) in [5.74, 6) is -0.00741. The molecule has 1 amide bonds. The lowest BCUT2D eigenvalue weighted by Crippen LogP contribution is -2.59. The quantitative estimate of drug-likeness (QED) is 0.769. The van der Waals surface area contributed by atoms with Crippen molar-refractivity contribution < 1.29 is 9.53 Å². The van der Waals surface area contributed by atoms with Crippen LogP contribution in [0, 0.1) is 16.7 Å². The van der Waals surface area contributed by atoms with Crippen molar-refractivity contribution >= 4 is 5.91 Å². The minimum Gasteiger partial charge on any atom is -0.377 e. The zero-order chi connectivity index (χ0) is 14.5. The molecule has 0 atom stereocenters. The van der Waals surface area contributed by atoms with Crippen LogP contribution in [0.3, 0.4) is 0 Å². The van der Waals surface area contributed by atoms with Crippen LogP contribution in [0.25, 0.3) is 0 Å². The number of hydrogen-bond donors (Lipinski definition) is 0. The van der Waals surface area contributed by atoms with Crippen LogP contribution in [0.2, 0.25) is 0 Å². The zero-order valence-corrected chi connectivity index (χ0v) is 12.7. The van der Waals surface area contributed by atoms with Crippen LogP contribution in [0.4, 0.5) is 0 Å². The van der Waals surface area contributed by atoms with Crippen LogP contribution < -0.4 is 0 Å². The van der Waals surface area contributed by atoms with Gasteiger partial charge >= 0.3 is 0 Å². The second-order valence-corrected chi connectivity index (χ2v) is 6.02. The van der Waals surface area contributed by atoms with Gasteiger partial charge in [-0.05, 0) is 26.7 Å². The summed E-state index contributed by atoms with van der Waals surface area (Å²) in [6, 6.07) is 2.32. The molecule has 108 valence electrons. The van der Waals surface area contributed by atoms with Crippen LogP contribution >= 0.6 is 0 Å². The smallest absolute Gasteiger partial charge is 0.243 e. The molecule has 0 unspecified atom stereocenters. The average molecular weight is 266 g/mol. The molecule has 0 bridgehead atoms. The number of morpholine rings is 1. The standard InChI is InChI=1S/C15H26N2O2/c1-5-7-15(11-16,8-6-2)13(18)17-9-10-19-12-14(17,3)4/h5-10,12H2,1-4H3. The van der Waals surface area contributed by atoms with Crippen molar-refractivity contribution in [2.45, 2.75) is 58.9 Å². The first-order chi connectivity index (χ1) is 8.93. The number of nitriles is 1. The van der Waals surface area contributed by atoms with Crippen molar-refractivity contribution in [1.29, 1.82) is 5.26 Å². The summed E-state index contributed by atoms with van der Waals surface area (Å²) in [6.07, 6.45) is 2.99. The van der Waals surface area contributed by atoms with Gasteiger partial charge in [-0.25, -0.2) is 0 Å². The molecule has 0 saturated carbocycles. The molecule has 0 N–H and O–H groups in total. The van der Waals surface area contributed by atoms with Crippen molar-refractivity contribution in [3.05, 3.63) is 0 Å². The number of nitrogens with zero attached hydrogens (tertiary/aromatic N) is 2. The number of rotatable bonds is 5. The predicted molar refractivity (Wildman–Crippen MR) is 74.5 cm³/mol. The summed E-state index contributed by atoms with van der Waals surface area (Å²) in [5.41, 5.74) is -1.17. The third-order valence-electron chi connectivity index (χ3n) is 3.87. The molecule has 1 rings (SSSR count). The van der Waals surface area contributed by atoms with Crippen molar-refractivity contribution in [2.75, 3.05) is 19.8 Å². The molecule has 0 aromatic carbocycles. The fourth-order valence-electron chi connectivity index (χ4n) is 2.85. The van der Waals surface area contributed by atoms with Gasteiger partial charge in [-0.1, -0.05) is 26.7 Å². The molecular formula is C15H26N2O2. The van der Waals surface area contributed by atoms with Gasteiger partial charge < -0.3 is 9.64 Å². The summed E-state index contributed by atoms with van der Waals surface area (Å²) in [7, 11) is 0. The first-order valence-electron chi connectivity index (χ1n) is 7.24. The zero-order valence-electron chi connectivity index (χ0n) is 12.7. The number of carbonyl (C=O) groups excluding carboxylic acids is 1. The van der Waals surface area contributed by atoms with Crippen molar-refractivity contribution in [1.82, 2.24) is 4.90 Å². The highest BCUT2D eigenvalue weighted by atomic mass is 16.5. The van der Waals surface area contributed by atoms with E-state index in [2.05, 4.69) is 6.07 Å². The van der Waals surface area contributed by atoms with E-state index in [1.54, 1.807) is 0 Å². The fourth-order valence-corrected chi connectivity index (χ4v) is 2.85. The first kappa shape index (κ1) is 16.0. The van der Waals surface area contributed by atoms with E-state index in [-0.39, 0.29) is 11.4 Å². The number of ether oxygens (including phenoxy) is 1. The van der Waals surface area contributed by atoms with Crippen LogP contribution in [0.5, 0.6) is 0 Å². The second-order valence-electron chi connectivity index (χ2n) is 6.02. The van der Waals surface area contributed by atoms with Crippen molar-refractivity contribution in [3.63, 3.8) is 0 Å².